The summed E-state index contributed by atoms with van der Waals surface area (Å²) in [5.41, 5.74) is 13.2. The van der Waals surface area contributed by atoms with E-state index in [2.05, 4.69) is 232 Å². The van der Waals surface area contributed by atoms with Crippen LogP contribution in [-0.4, -0.2) is 18.3 Å². The topological polar surface area (TPSA) is 24.9 Å². The van der Waals surface area contributed by atoms with E-state index in [1.807, 2.05) is 0 Å². The lowest BCUT2D eigenvalue weighted by atomic mass is 9.79. The first-order chi connectivity index (χ1) is 26.4. The monoisotopic (exact) mass is 740 g/mol. The quantitative estimate of drug-likeness (QED) is 0.145. The molecule has 0 aliphatic carbocycles. The van der Waals surface area contributed by atoms with Crippen molar-refractivity contribution in [3.8, 4) is 11.1 Å². The SMILES string of the molecule is Cc1ccc(N(c2ccc(-c3ccc(N(c4ccc(B5OC(C)(C)C(C)(C)O5)cc4)c4ccc(C(C)(C)C)cc4)cc3)cc2)c2ccc(C(C)(C)C)cc2)cc1. The van der Waals surface area contributed by atoms with E-state index in [0.717, 1.165) is 45.2 Å². The number of hydrogen-bond acceptors (Lipinski definition) is 4. The maximum Gasteiger partial charge on any atom is 0.494 e. The molecule has 0 N–H and O–H groups in total. The lowest BCUT2D eigenvalue weighted by Crippen LogP contribution is -2.41. The zero-order valence-electron chi connectivity index (χ0n) is 35.1. The normalized spacial score (nSPS) is 15.2. The van der Waals surface area contributed by atoms with Crippen LogP contribution >= 0.6 is 0 Å². The maximum absolute atomic E-state index is 6.37. The first-order valence-electron chi connectivity index (χ1n) is 19.9. The van der Waals surface area contributed by atoms with Crippen molar-refractivity contribution in [2.24, 2.45) is 0 Å². The minimum Gasteiger partial charge on any atom is -0.399 e. The molecule has 0 bridgehead atoms. The van der Waals surface area contributed by atoms with Crippen LogP contribution in [0.4, 0.5) is 34.1 Å². The van der Waals surface area contributed by atoms with Crippen LogP contribution in [0.5, 0.6) is 0 Å². The Kier molecular flexibility index (Phi) is 10.3. The number of nitrogens with zero attached hydrogens (tertiary/aromatic N) is 2. The second-order valence-corrected chi connectivity index (χ2v) is 18.4. The fourth-order valence-corrected chi connectivity index (χ4v) is 7.17. The van der Waals surface area contributed by atoms with Crippen molar-refractivity contribution in [1.82, 2.24) is 0 Å². The van der Waals surface area contributed by atoms with Crippen LogP contribution in [0.25, 0.3) is 11.1 Å². The van der Waals surface area contributed by atoms with E-state index in [4.69, 9.17) is 9.31 Å². The lowest BCUT2D eigenvalue weighted by molar-refractivity contribution is 0.00578. The molecule has 56 heavy (non-hydrogen) atoms. The molecule has 5 heteroatoms. The van der Waals surface area contributed by atoms with Crippen LogP contribution in [0.2, 0.25) is 0 Å². The Morgan fingerprint density at radius 1 is 0.393 bits per heavy atom. The number of anilines is 6. The molecule has 0 aromatic heterocycles. The molecule has 0 radical (unpaired) electrons. The van der Waals surface area contributed by atoms with Gasteiger partial charge < -0.3 is 19.1 Å². The van der Waals surface area contributed by atoms with Crippen LogP contribution < -0.4 is 15.3 Å². The molecule has 0 atom stereocenters. The molecule has 1 heterocycles. The van der Waals surface area contributed by atoms with Crippen molar-refractivity contribution in [2.75, 3.05) is 9.80 Å². The van der Waals surface area contributed by atoms with Crippen LogP contribution in [0.15, 0.2) is 146 Å². The predicted octanol–water partition coefficient (Wildman–Crippen LogP) is 13.5. The Balaban J connectivity index is 1.19. The highest BCUT2D eigenvalue weighted by atomic mass is 16.7. The van der Waals surface area contributed by atoms with E-state index in [1.54, 1.807) is 0 Å². The van der Waals surface area contributed by atoms with Gasteiger partial charge in [-0.3, -0.25) is 0 Å². The standard InChI is InChI=1S/C51H57BN2O2/c1-36-12-24-42(25-13-36)53(45-30-18-39(19-31-45)48(2,3)4)43-26-14-37(15-27-43)38-16-28-44(29-17-38)54(46-32-20-40(21-33-46)49(5,6)7)47-34-22-41(23-35-47)52-55-50(8,9)51(10,11)56-52/h12-35H,1-11H3. The molecule has 0 unspecified atom stereocenters. The molecular weight excluding hydrogens is 683 g/mol. The summed E-state index contributed by atoms with van der Waals surface area (Å²) in [5, 5.41) is 0. The Bertz CT molecular complexity index is 2230. The van der Waals surface area contributed by atoms with E-state index < -0.39 is 18.3 Å². The molecule has 1 fully saturated rings. The summed E-state index contributed by atoms with van der Waals surface area (Å²) < 4.78 is 12.7. The molecular formula is C51H57BN2O2. The summed E-state index contributed by atoms with van der Waals surface area (Å²) in [6, 6.07) is 53.1. The van der Waals surface area contributed by atoms with Gasteiger partial charge in [0.25, 0.3) is 0 Å². The summed E-state index contributed by atoms with van der Waals surface area (Å²) in [4.78, 5) is 4.65. The highest BCUT2D eigenvalue weighted by Gasteiger charge is 2.51. The molecule has 1 aliphatic heterocycles. The van der Waals surface area contributed by atoms with Crippen LogP contribution in [0.3, 0.4) is 0 Å². The van der Waals surface area contributed by atoms with E-state index in [-0.39, 0.29) is 10.8 Å². The summed E-state index contributed by atoms with van der Waals surface area (Å²) in [5.74, 6) is 0. The molecule has 1 saturated heterocycles. The average molecular weight is 741 g/mol. The predicted molar refractivity (Wildman–Crippen MR) is 239 cm³/mol. The summed E-state index contributed by atoms with van der Waals surface area (Å²) in [7, 11) is -0.405. The Hall–Kier alpha value is -5.10. The van der Waals surface area contributed by atoms with Crippen LogP contribution in [0.1, 0.15) is 85.9 Å². The largest absolute Gasteiger partial charge is 0.494 e. The fraction of sp³-hybridized carbons (Fsp3) is 0.294. The average Bonchev–Trinajstić information content (AvgIpc) is 3.39. The molecule has 7 rings (SSSR count). The zero-order chi connectivity index (χ0) is 40.0. The summed E-state index contributed by atoms with van der Waals surface area (Å²) in [6.45, 7) is 24.0. The molecule has 0 amide bonds. The third-order valence-electron chi connectivity index (χ3n) is 11.5. The molecule has 4 nitrogen and oxygen atoms in total. The highest BCUT2D eigenvalue weighted by Crippen LogP contribution is 2.40. The van der Waals surface area contributed by atoms with Crippen molar-refractivity contribution in [3.05, 3.63) is 162 Å². The van der Waals surface area contributed by atoms with Crippen molar-refractivity contribution in [1.29, 1.82) is 0 Å². The number of benzene rings is 6. The van der Waals surface area contributed by atoms with Gasteiger partial charge in [0, 0.05) is 34.1 Å². The second-order valence-electron chi connectivity index (χ2n) is 18.4. The van der Waals surface area contributed by atoms with Crippen molar-refractivity contribution in [3.63, 3.8) is 0 Å². The second kappa shape index (κ2) is 14.8. The van der Waals surface area contributed by atoms with E-state index in [9.17, 15) is 0 Å². The minimum atomic E-state index is -0.405. The number of rotatable bonds is 8. The summed E-state index contributed by atoms with van der Waals surface area (Å²) in [6.07, 6.45) is 0. The van der Waals surface area contributed by atoms with Crippen molar-refractivity contribution < 1.29 is 9.31 Å². The smallest absolute Gasteiger partial charge is 0.399 e. The van der Waals surface area contributed by atoms with E-state index >= 15 is 0 Å². The Morgan fingerprint density at radius 3 is 0.964 bits per heavy atom. The molecule has 286 valence electrons. The van der Waals surface area contributed by atoms with Gasteiger partial charge in [0.2, 0.25) is 0 Å². The Labute approximate surface area is 336 Å². The number of hydrogen-bond donors (Lipinski definition) is 0. The minimum absolute atomic E-state index is 0.0685. The first-order valence-corrected chi connectivity index (χ1v) is 19.9. The zero-order valence-corrected chi connectivity index (χ0v) is 35.1. The van der Waals surface area contributed by atoms with Gasteiger partial charge in [-0.2, -0.15) is 0 Å². The van der Waals surface area contributed by atoms with Crippen molar-refractivity contribution in [2.45, 2.75) is 98.2 Å². The molecule has 0 spiro atoms. The van der Waals surface area contributed by atoms with Gasteiger partial charge in [-0.05, 0) is 146 Å². The molecule has 1 aliphatic rings. The highest BCUT2D eigenvalue weighted by molar-refractivity contribution is 6.62. The molecule has 0 saturated carbocycles. The number of aryl methyl sites for hydroxylation is 1. The van der Waals surface area contributed by atoms with Crippen LogP contribution in [0, 0.1) is 6.92 Å². The van der Waals surface area contributed by atoms with E-state index in [0.29, 0.717) is 0 Å². The first kappa shape index (κ1) is 39.2. The van der Waals surface area contributed by atoms with Gasteiger partial charge in [0.1, 0.15) is 0 Å². The van der Waals surface area contributed by atoms with Crippen molar-refractivity contribution >= 4 is 46.7 Å². The lowest BCUT2D eigenvalue weighted by Gasteiger charge is -2.32. The summed E-state index contributed by atoms with van der Waals surface area (Å²) >= 11 is 0. The van der Waals surface area contributed by atoms with Gasteiger partial charge in [-0.1, -0.05) is 120 Å². The van der Waals surface area contributed by atoms with Crippen LogP contribution in [-0.2, 0) is 20.1 Å². The van der Waals surface area contributed by atoms with E-state index in [1.165, 1.54) is 22.3 Å². The van der Waals surface area contributed by atoms with Gasteiger partial charge in [-0.25, -0.2) is 0 Å². The fourth-order valence-electron chi connectivity index (χ4n) is 7.17. The third kappa shape index (κ3) is 8.07. The molecule has 6 aromatic carbocycles. The Morgan fingerprint density at radius 2 is 0.661 bits per heavy atom. The maximum atomic E-state index is 6.37. The third-order valence-corrected chi connectivity index (χ3v) is 11.5. The molecule has 6 aromatic rings. The van der Waals surface area contributed by atoms with Gasteiger partial charge in [-0.15, -0.1) is 0 Å². The van der Waals surface area contributed by atoms with Gasteiger partial charge >= 0.3 is 7.12 Å². The van der Waals surface area contributed by atoms with Gasteiger partial charge in [0.05, 0.1) is 11.2 Å². The van der Waals surface area contributed by atoms with Gasteiger partial charge in [0.15, 0.2) is 0 Å².